The monoisotopic (exact) mass is 635 g/mol. The third-order valence-corrected chi connectivity index (χ3v) is 7.50. The van der Waals surface area contributed by atoms with E-state index in [1.54, 1.807) is 19.1 Å². The van der Waals surface area contributed by atoms with Gasteiger partial charge in [-0.15, -0.1) is 13.2 Å². The third-order valence-electron chi connectivity index (χ3n) is 7.50. The average Bonchev–Trinajstić information content (AvgIpc) is 3.37. The molecule has 248 valence electrons. The highest BCUT2D eigenvalue weighted by molar-refractivity contribution is 5.86. The molecule has 11 nitrogen and oxygen atoms in total. The molecule has 4 N–H and O–H groups in total. The molecule has 0 saturated carbocycles. The quantitative estimate of drug-likeness (QED) is 0.0979. The third kappa shape index (κ3) is 10.8. The number of rotatable bonds is 20. The maximum absolute atomic E-state index is 13.0. The number of hydrogen-bond donors (Lipinski definition) is 4. The molecule has 0 spiro atoms. The Labute approximate surface area is 270 Å². The van der Waals surface area contributed by atoms with E-state index in [0.717, 1.165) is 22.3 Å². The first-order chi connectivity index (χ1) is 22.3. The average molecular weight is 636 g/mol. The molecule has 11 heteroatoms. The van der Waals surface area contributed by atoms with Gasteiger partial charge in [0, 0.05) is 18.9 Å². The molecule has 3 unspecified atom stereocenters. The van der Waals surface area contributed by atoms with Crippen LogP contribution in [0.5, 0.6) is 0 Å². The lowest BCUT2D eigenvalue weighted by molar-refractivity contribution is -0.147. The van der Waals surface area contributed by atoms with E-state index in [0.29, 0.717) is 6.42 Å². The van der Waals surface area contributed by atoms with Crippen LogP contribution >= 0.6 is 0 Å². The first kappa shape index (κ1) is 36.0. The maximum atomic E-state index is 13.0. The first-order valence-electron chi connectivity index (χ1n) is 15.5. The van der Waals surface area contributed by atoms with E-state index in [1.165, 1.54) is 0 Å². The van der Waals surface area contributed by atoms with E-state index in [9.17, 15) is 19.2 Å². The molecular weight excluding hydrogens is 590 g/mol. The number of hydrogen-bond acceptors (Lipinski definition) is 8. The first-order valence-corrected chi connectivity index (χ1v) is 15.5. The van der Waals surface area contributed by atoms with Crippen LogP contribution in [0.2, 0.25) is 0 Å². The summed E-state index contributed by atoms with van der Waals surface area (Å²) in [5.74, 6) is -2.15. The number of benzene rings is 2. The van der Waals surface area contributed by atoms with Gasteiger partial charge in [-0.3, -0.25) is 9.59 Å². The molecule has 0 aromatic heterocycles. The maximum Gasteiger partial charge on any atom is 0.407 e. The molecule has 3 amide bonds. The molecule has 3 atom stereocenters. The summed E-state index contributed by atoms with van der Waals surface area (Å²) in [5.41, 5.74) is 4.38. The van der Waals surface area contributed by atoms with Crippen LogP contribution in [0.25, 0.3) is 11.1 Å². The molecule has 0 fully saturated rings. The van der Waals surface area contributed by atoms with Gasteiger partial charge in [0.1, 0.15) is 19.3 Å². The highest BCUT2D eigenvalue weighted by atomic mass is 16.6. The molecular formula is C35H45N3O8. The summed E-state index contributed by atoms with van der Waals surface area (Å²) in [6.45, 7) is 9.58. The Morgan fingerprint density at radius 1 is 0.935 bits per heavy atom. The molecule has 1 aliphatic carbocycles. The largest absolute Gasteiger partial charge is 0.462 e. The van der Waals surface area contributed by atoms with Crippen LogP contribution in [0.4, 0.5) is 4.79 Å². The molecule has 46 heavy (non-hydrogen) atoms. The fourth-order valence-corrected chi connectivity index (χ4v) is 5.24. The zero-order valence-electron chi connectivity index (χ0n) is 26.4. The number of carbonyl (C=O) groups is 4. The Morgan fingerprint density at radius 3 is 2.24 bits per heavy atom. The van der Waals surface area contributed by atoms with Crippen LogP contribution in [0.1, 0.15) is 49.7 Å². The number of amides is 3. The Bertz CT molecular complexity index is 1300. The Morgan fingerprint density at radius 2 is 1.61 bits per heavy atom. The van der Waals surface area contributed by atoms with Crippen LogP contribution in [-0.4, -0.2) is 80.6 Å². The minimum atomic E-state index is -0.977. The van der Waals surface area contributed by atoms with Crippen LogP contribution in [0.3, 0.4) is 0 Å². The predicted molar refractivity (Wildman–Crippen MR) is 174 cm³/mol. The molecule has 2 aromatic rings. The summed E-state index contributed by atoms with van der Waals surface area (Å²) in [4.78, 5) is 51.0. The van der Waals surface area contributed by atoms with E-state index in [2.05, 4.69) is 41.2 Å². The van der Waals surface area contributed by atoms with E-state index in [1.807, 2.05) is 36.4 Å². The topological polar surface area (TPSA) is 152 Å². The Kier molecular flexibility index (Phi) is 15.0. The number of nitrogens with one attached hydrogen (secondary N) is 3. The van der Waals surface area contributed by atoms with Crippen molar-refractivity contribution in [1.29, 1.82) is 0 Å². The van der Waals surface area contributed by atoms with Gasteiger partial charge in [-0.05, 0) is 48.4 Å². The molecule has 1 aliphatic rings. The van der Waals surface area contributed by atoms with Crippen LogP contribution < -0.4 is 16.0 Å². The highest BCUT2D eigenvalue weighted by Crippen LogP contribution is 2.44. The second-order valence-corrected chi connectivity index (χ2v) is 11.0. The zero-order valence-corrected chi connectivity index (χ0v) is 26.4. The van der Waals surface area contributed by atoms with Crippen molar-refractivity contribution in [2.24, 2.45) is 5.92 Å². The summed E-state index contributed by atoms with van der Waals surface area (Å²) < 4.78 is 16.2. The molecule has 3 rings (SSSR count). The van der Waals surface area contributed by atoms with Crippen LogP contribution in [-0.2, 0) is 28.6 Å². The molecule has 0 bridgehead atoms. The lowest BCUT2D eigenvalue weighted by atomic mass is 9.98. The van der Waals surface area contributed by atoms with Gasteiger partial charge in [0.2, 0.25) is 11.8 Å². The van der Waals surface area contributed by atoms with Crippen molar-refractivity contribution in [3.63, 3.8) is 0 Å². The summed E-state index contributed by atoms with van der Waals surface area (Å²) in [5, 5.41) is 16.8. The van der Waals surface area contributed by atoms with Crippen molar-refractivity contribution >= 4 is 23.9 Å². The van der Waals surface area contributed by atoms with Crippen molar-refractivity contribution in [3.8, 4) is 11.1 Å². The zero-order chi connectivity index (χ0) is 33.3. The second kappa shape index (κ2) is 19.1. The number of alkyl carbamates (subject to hydrolysis) is 1. The van der Waals surface area contributed by atoms with Crippen LogP contribution in [0, 0.1) is 5.92 Å². The van der Waals surface area contributed by atoms with Crippen molar-refractivity contribution in [1.82, 2.24) is 16.0 Å². The van der Waals surface area contributed by atoms with Gasteiger partial charge in [-0.1, -0.05) is 60.7 Å². The van der Waals surface area contributed by atoms with E-state index in [4.69, 9.17) is 19.3 Å². The number of ether oxygens (including phenoxy) is 3. The summed E-state index contributed by atoms with van der Waals surface area (Å²) in [7, 11) is 0. The fourth-order valence-electron chi connectivity index (χ4n) is 5.24. The van der Waals surface area contributed by atoms with E-state index >= 15 is 0 Å². The van der Waals surface area contributed by atoms with Crippen molar-refractivity contribution in [2.45, 2.75) is 50.6 Å². The fraction of sp³-hybridized carbons (Fsp3) is 0.429. The lowest BCUT2D eigenvalue weighted by Crippen LogP contribution is -2.45. The number of esters is 1. The van der Waals surface area contributed by atoms with Crippen molar-refractivity contribution in [3.05, 3.63) is 85.0 Å². The highest BCUT2D eigenvalue weighted by Gasteiger charge is 2.30. The van der Waals surface area contributed by atoms with Gasteiger partial charge in [0.25, 0.3) is 0 Å². The second-order valence-electron chi connectivity index (χ2n) is 11.0. The number of allylic oxidation sites excluding steroid dienone is 2. The van der Waals surface area contributed by atoms with Gasteiger partial charge in [0.15, 0.2) is 0 Å². The van der Waals surface area contributed by atoms with Crippen molar-refractivity contribution < 1.29 is 38.5 Å². The molecule has 0 saturated heterocycles. The Balaban J connectivity index is 1.48. The SMILES string of the molecule is C=CCCC(NC(=O)OCC1c2ccccc2-c2ccccc21)C(=O)OCC(C)NC(=O)C(CC=C)CC(=O)NCCOCCO. The number of aliphatic hydroxyl groups is 1. The summed E-state index contributed by atoms with van der Waals surface area (Å²) in [6.07, 6.45) is 3.40. The van der Waals surface area contributed by atoms with E-state index < -0.39 is 30.1 Å². The lowest BCUT2D eigenvalue weighted by Gasteiger charge is -2.21. The van der Waals surface area contributed by atoms with E-state index in [-0.39, 0.29) is 76.6 Å². The van der Waals surface area contributed by atoms with Gasteiger partial charge in [-0.2, -0.15) is 0 Å². The predicted octanol–water partition coefficient (Wildman–Crippen LogP) is 3.62. The van der Waals surface area contributed by atoms with Gasteiger partial charge < -0.3 is 35.3 Å². The van der Waals surface area contributed by atoms with Crippen LogP contribution in [0.15, 0.2) is 73.8 Å². The molecule has 0 heterocycles. The number of fused-ring (bicyclic) bond motifs is 3. The standard InChI is InChI=1S/C35H45N3O8/c1-4-6-16-31(38-35(43)46-23-30-28-14-9-7-12-26(28)27-13-8-10-15-29(27)30)34(42)45-22-24(3)37-33(41)25(11-5-2)21-32(40)36-17-19-44-20-18-39/h4-5,7-10,12-15,24-25,30-31,39H,1-2,6,11,16-23H2,3H3,(H,36,40)(H,37,41)(H,38,43). The number of carbonyl (C=O) groups excluding carboxylic acids is 4. The summed E-state index contributed by atoms with van der Waals surface area (Å²) in [6, 6.07) is 14.5. The van der Waals surface area contributed by atoms with Gasteiger partial charge in [-0.25, -0.2) is 9.59 Å². The smallest absolute Gasteiger partial charge is 0.407 e. The minimum Gasteiger partial charge on any atom is -0.462 e. The minimum absolute atomic E-state index is 0.0575. The van der Waals surface area contributed by atoms with Gasteiger partial charge in [0.05, 0.1) is 31.8 Å². The summed E-state index contributed by atoms with van der Waals surface area (Å²) >= 11 is 0. The molecule has 2 aromatic carbocycles. The molecule has 0 radical (unpaired) electrons. The Hall–Kier alpha value is -4.48. The normalized spacial score (nSPS) is 13.7. The number of aliphatic hydroxyl groups excluding tert-OH is 1. The van der Waals surface area contributed by atoms with Gasteiger partial charge >= 0.3 is 12.1 Å². The molecule has 0 aliphatic heterocycles. The van der Waals surface area contributed by atoms with Crippen molar-refractivity contribution in [2.75, 3.05) is 39.6 Å².